The Morgan fingerprint density at radius 3 is 2.79 bits per heavy atom. The number of thiophene rings is 1. The summed E-state index contributed by atoms with van der Waals surface area (Å²) in [6.07, 6.45) is 9.85. The molecule has 0 radical (unpaired) electrons. The molecule has 0 saturated carbocycles. The largest absolute Gasteiger partial charge is 0.377 e. The van der Waals surface area contributed by atoms with Crippen LogP contribution >= 0.6 is 11.3 Å². The Bertz CT molecular complexity index is 1130. The highest BCUT2D eigenvalue weighted by Gasteiger charge is 2.16. The molecule has 0 spiro atoms. The highest BCUT2D eigenvalue weighted by molar-refractivity contribution is 7.25. The van der Waals surface area contributed by atoms with Crippen molar-refractivity contribution in [2.45, 2.75) is 19.8 Å². The zero-order valence-corrected chi connectivity index (χ0v) is 17.2. The average Bonchev–Trinajstić information content (AvgIpc) is 3.09. The summed E-state index contributed by atoms with van der Waals surface area (Å²) in [6.45, 7) is 8.00. The molecule has 144 valence electrons. The zero-order valence-electron chi connectivity index (χ0n) is 16.3. The van der Waals surface area contributed by atoms with Gasteiger partial charge in [-0.05, 0) is 18.6 Å². The molecule has 0 saturated heterocycles. The lowest BCUT2D eigenvalue weighted by Crippen LogP contribution is -2.18. The molecule has 0 bridgehead atoms. The first kappa shape index (κ1) is 21.1. The summed E-state index contributed by atoms with van der Waals surface area (Å²) in [5.74, 6) is 0. The fourth-order valence-corrected chi connectivity index (χ4v) is 3.83. The van der Waals surface area contributed by atoms with Crippen LogP contribution in [-0.4, -0.2) is 28.6 Å². The quantitative estimate of drug-likeness (QED) is 0.468. The molecular formula is C21H23N5OS. The zero-order chi connectivity index (χ0) is 20.7. The molecule has 0 unspecified atom stereocenters. The molecule has 28 heavy (non-hydrogen) atoms. The van der Waals surface area contributed by atoms with Gasteiger partial charge in [0, 0.05) is 26.0 Å². The predicted octanol–water partition coefficient (Wildman–Crippen LogP) is 4.60. The summed E-state index contributed by atoms with van der Waals surface area (Å²) in [5.41, 5.74) is 2.27. The monoisotopic (exact) mass is 393 g/mol. The number of nitriles is 1. The predicted molar refractivity (Wildman–Crippen MR) is 119 cm³/mol. The second-order valence-corrected chi connectivity index (χ2v) is 6.91. The molecule has 0 aliphatic carbocycles. The Morgan fingerprint density at radius 2 is 2.14 bits per heavy atom. The van der Waals surface area contributed by atoms with Crippen molar-refractivity contribution >= 4 is 43.2 Å². The number of allylic oxidation sites excluding steroid dienone is 4. The third kappa shape index (κ3) is 4.02. The van der Waals surface area contributed by atoms with Crippen molar-refractivity contribution in [1.82, 2.24) is 14.5 Å². The smallest absolute Gasteiger partial charge is 0.275 e. The van der Waals surface area contributed by atoms with Gasteiger partial charge in [-0.2, -0.15) is 5.26 Å². The molecular weight excluding hydrogens is 370 g/mol. The first-order valence-electron chi connectivity index (χ1n) is 8.78. The minimum Gasteiger partial charge on any atom is -0.377 e. The topological polar surface area (TPSA) is 74.8 Å². The molecule has 0 aliphatic heterocycles. The third-order valence-corrected chi connectivity index (χ3v) is 5.01. The van der Waals surface area contributed by atoms with Crippen molar-refractivity contribution in [2.24, 2.45) is 0 Å². The van der Waals surface area contributed by atoms with E-state index < -0.39 is 0 Å². The minimum atomic E-state index is -0.121. The van der Waals surface area contributed by atoms with Crippen LogP contribution in [0.15, 0.2) is 54.8 Å². The van der Waals surface area contributed by atoms with Gasteiger partial charge in [0.15, 0.2) is 0 Å². The molecule has 0 aromatic carbocycles. The first-order valence-corrected chi connectivity index (χ1v) is 9.60. The van der Waals surface area contributed by atoms with Gasteiger partial charge in [0.1, 0.15) is 15.9 Å². The van der Waals surface area contributed by atoms with Gasteiger partial charge < -0.3 is 4.90 Å². The number of nitrogens with zero attached hydrogens (tertiary/aromatic N) is 5. The second kappa shape index (κ2) is 9.62. The maximum atomic E-state index is 13.1. The van der Waals surface area contributed by atoms with Crippen molar-refractivity contribution in [2.75, 3.05) is 19.0 Å². The summed E-state index contributed by atoms with van der Waals surface area (Å²) < 4.78 is 2.12. The van der Waals surface area contributed by atoms with E-state index in [1.165, 1.54) is 15.9 Å². The Kier molecular flexibility index (Phi) is 7.24. The Labute approximate surface area is 168 Å². The maximum absolute atomic E-state index is 13.1. The number of hydrogen-bond donors (Lipinski definition) is 0. The van der Waals surface area contributed by atoms with Crippen LogP contribution in [0.2, 0.25) is 0 Å². The van der Waals surface area contributed by atoms with Gasteiger partial charge in [-0.3, -0.25) is 9.36 Å². The Morgan fingerprint density at radius 1 is 1.39 bits per heavy atom. The van der Waals surface area contributed by atoms with Crippen molar-refractivity contribution in [1.29, 1.82) is 5.26 Å². The first-order chi connectivity index (χ1) is 13.6. The van der Waals surface area contributed by atoms with Crippen LogP contribution in [0.3, 0.4) is 0 Å². The van der Waals surface area contributed by atoms with Crippen LogP contribution in [0.1, 0.15) is 19.8 Å². The van der Waals surface area contributed by atoms with E-state index in [9.17, 15) is 4.79 Å². The molecule has 3 heterocycles. The molecule has 0 atom stereocenters. The van der Waals surface area contributed by atoms with Crippen molar-refractivity contribution < 1.29 is 0 Å². The van der Waals surface area contributed by atoms with Crippen LogP contribution in [0.4, 0.5) is 5.69 Å². The van der Waals surface area contributed by atoms with E-state index in [0.717, 1.165) is 28.0 Å². The van der Waals surface area contributed by atoms with Gasteiger partial charge in [-0.25, -0.2) is 9.97 Å². The van der Waals surface area contributed by atoms with Crippen molar-refractivity contribution in [3.63, 3.8) is 0 Å². The van der Waals surface area contributed by atoms with E-state index in [-0.39, 0.29) is 5.56 Å². The van der Waals surface area contributed by atoms with Crippen LogP contribution in [0.25, 0.3) is 26.1 Å². The number of anilines is 1. The van der Waals surface area contributed by atoms with Gasteiger partial charge in [-0.1, -0.05) is 19.1 Å². The number of aromatic nitrogens is 3. The van der Waals surface area contributed by atoms with Crippen molar-refractivity contribution in [3.05, 3.63) is 60.3 Å². The van der Waals surface area contributed by atoms with E-state index in [2.05, 4.69) is 29.2 Å². The molecule has 7 heteroatoms. The number of fused-ring (bicyclic) bond motifs is 3. The van der Waals surface area contributed by atoms with Crippen LogP contribution in [0, 0.1) is 11.3 Å². The summed E-state index contributed by atoms with van der Waals surface area (Å²) in [5, 5.41) is 9.62. The average molecular weight is 394 g/mol. The SMILES string of the molecule is C=C.CC/C=C(\C=C/CC#N)n1cnc2c(sc3nccc(N(C)C)c32)c1=O. The van der Waals surface area contributed by atoms with Crippen LogP contribution in [0.5, 0.6) is 0 Å². The summed E-state index contributed by atoms with van der Waals surface area (Å²) in [6, 6.07) is 3.99. The molecule has 0 aliphatic rings. The Hall–Kier alpha value is -3.24. The minimum absolute atomic E-state index is 0.121. The fraction of sp³-hybridized carbons (Fsp3) is 0.238. The molecule has 3 aromatic rings. The molecule has 6 nitrogen and oxygen atoms in total. The summed E-state index contributed by atoms with van der Waals surface area (Å²) in [7, 11) is 3.92. The van der Waals surface area contributed by atoms with Gasteiger partial charge in [-0.15, -0.1) is 24.5 Å². The standard InChI is InChI=1S/C19H19N5OS.C2H4/c1-4-7-13(8-5-6-10-20)24-12-22-16-15-14(23(2)3)9-11-21-18(15)26-17(16)19(24)25;1-2/h5,7-9,11-12H,4,6H2,1-3H3;1-2H2/b8-5-,13-7+;. The van der Waals surface area contributed by atoms with Gasteiger partial charge in [0.2, 0.25) is 0 Å². The fourth-order valence-electron chi connectivity index (χ4n) is 2.78. The van der Waals surface area contributed by atoms with Crippen molar-refractivity contribution in [3.8, 4) is 6.07 Å². The lowest BCUT2D eigenvalue weighted by Gasteiger charge is -2.13. The summed E-state index contributed by atoms with van der Waals surface area (Å²) >= 11 is 1.36. The van der Waals surface area contributed by atoms with Crippen LogP contribution < -0.4 is 10.5 Å². The highest BCUT2D eigenvalue weighted by atomic mass is 32.1. The number of pyridine rings is 1. The van der Waals surface area contributed by atoms with Gasteiger partial charge >= 0.3 is 0 Å². The molecule has 0 N–H and O–H groups in total. The second-order valence-electron chi connectivity index (χ2n) is 5.91. The van der Waals surface area contributed by atoms with E-state index in [4.69, 9.17) is 5.26 Å². The van der Waals surface area contributed by atoms with Crippen LogP contribution in [-0.2, 0) is 0 Å². The molecule has 3 rings (SSSR count). The third-order valence-electron chi connectivity index (χ3n) is 3.93. The molecule has 0 amide bonds. The number of rotatable bonds is 5. The summed E-state index contributed by atoms with van der Waals surface area (Å²) in [4.78, 5) is 24.9. The lowest BCUT2D eigenvalue weighted by molar-refractivity contribution is 0.989. The maximum Gasteiger partial charge on any atom is 0.275 e. The normalized spacial score (nSPS) is 11.4. The Balaban J connectivity index is 0.00000136. The van der Waals surface area contributed by atoms with Gasteiger partial charge in [0.25, 0.3) is 5.56 Å². The molecule has 0 fully saturated rings. The molecule has 3 aromatic heterocycles. The van der Waals surface area contributed by atoms with E-state index in [0.29, 0.717) is 16.6 Å². The van der Waals surface area contributed by atoms with E-state index in [1.54, 1.807) is 24.7 Å². The highest BCUT2D eigenvalue weighted by Crippen LogP contribution is 2.35. The van der Waals surface area contributed by atoms with E-state index >= 15 is 0 Å². The van der Waals surface area contributed by atoms with E-state index in [1.807, 2.05) is 38.1 Å². The van der Waals surface area contributed by atoms with Gasteiger partial charge in [0.05, 0.1) is 29.1 Å². The number of hydrogen-bond acceptors (Lipinski definition) is 6. The lowest BCUT2D eigenvalue weighted by atomic mass is 10.2.